The summed E-state index contributed by atoms with van der Waals surface area (Å²) in [5.41, 5.74) is -2.65. The smallest absolute Gasteiger partial charge is 0.323 e. The van der Waals surface area contributed by atoms with Gasteiger partial charge in [0.1, 0.15) is 0 Å². The number of hydrogen-bond donors (Lipinski definition) is 0. The van der Waals surface area contributed by atoms with Gasteiger partial charge in [-0.25, -0.2) is 0 Å². The van der Waals surface area contributed by atoms with Crippen molar-refractivity contribution in [3.8, 4) is 0 Å². The van der Waals surface area contributed by atoms with E-state index in [-0.39, 0.29) is 32.0 Å². The van der Waals surface area contributed by atoms with Crippen LogP contribution in [0.15, 0.2) is 0 Å². The molecule has 1 heterocycles. The molecule has 2 saturated carbocycles. The van der Waals surface area contributed by atoms with E-state index in [9.17, 15) is 11.0 Å². The Labute approximate surface area is 176 Å². The normalized spacial score (nSPS) is 43.3. The highest BCUT2D eigenvalue weighted by Gasteiger charge is 2.69. The van der Waals surface area contributed by atoms with E-state index in [0.717, 1.165) is 12.8 Å². The Hall–Kier alpha value is -1.14. The maximum absolute atomic E-state index is 13.0. The van der Waals surface area contributed by atoms with Crippen LogP contribution in [0.2, 0.25) is 0 Å². The highest BCUT2D eigenvalue weighted by atomic mass is 16.7. The second kappa shape index (κ2) is 7.52. The molecule has 3 fully saturated rings. The van der Waals surface area contributed by atoms with E-state index in [0.29, 0.717) is 12.3 Å². The van der Waals surface area contributed by atoms with Crippen molar-refractivity contribution in [1.82, 2.24) is 0 Å². The maximum Gasteiger partial charge on any atom is 0.323 e. The van der Waals surface area contributed by atoms with Crippen LogP contribution in [0, 0.1) is 22.7 Å². The molecule has 1 aliphatic heterocycles. The topological polar surface area (TPSA) is 71.1 Å². The molecule has 0 bridgehead atoms. The number of hydrogen-bond acceptors (Lipinski definition) is 6. The number of esters is 2. The van der Waals surface area contributed by atoms with Gasteiger partial charge in [-0.1, -0.05) is 20.8 Å². The first-order chi connectivity index (χ1) is 13.8. The summed E-state index contributed by atoms with van der Waals surface area (Å²) in [6.45, 7) is 13.9. The van der Waals surface area contributed by atoms with Gasteiger partial charge in [0.2, 0.25) is 0 Å². The average Bonchev–Trinajstić information content (AvgIpc) is 2.90. The van der Waals surface area contributed by atoms with Gasteiger partial charge in [0.25, 0.3) is 0 Å². The molecule has 0 amide bonds. The van der Waals surface area contributed by atoms with Gasteiger partial charge >= 0.3 is 11.9 Å². The largest absolute Gasteiger partial charge is 0.465 e. The van der Waals surface area contributed by atoms with E-state index in [2.05, 4.69) is 13.8 Å². The van der Waals surface area contributed by atoms with E-state index in [4.69, 9.17) is 18.9 Å². The molecule has 0 aromatic carbocycles. The Morgan fingerprint density at radius 1 is 1.10 bits per heavy atom. The predicted octanol–water partition coefficient (Wildman–Crippen LogP) is 4.25. The molecule has 0 aromatic heterocycles. The standard InChI is InChI=1S/C23H38O6/c1-8-26-18(24)22(19(25)27-9-2)13-16(4)23(14-22)28-17-12-15(3)10-11-21(17,7)20(5,6)29-23/h15-17H,8-14H2,1-7H3/t15-,16+,17+,21-,23+/m1/s1/i17D. The Balaban J connectivity index is 2.05. The lowest BCUT2D eigenvalue weighted by Crippen LogP contribution is -2.66. The molecule has 5 atom stereocenters. The van der Waals surface area contributed by atoms with Crippen molar-refractivity contribution in [2.24, 2.45) is 22.7 Å². The lowest BCUT2D eigenvalue weighted by Gasteiger charge is -2.61. The molecule has 3 aliphatic rings. The van der Waals surface area contributed by atoms with Gasteiger partial charge < -0.3 is 18.9 Å². The molecule has 1 saturated heterocycles. The highest BCUT2D eigenvalue weighted by molar-refractivity contribution is 6.00. The minimum Gasteiger partial charge on any atom is -0.465 e. The van der Waals surface area contributed by atoms with Crippen molar-refractivity contribution >= 4 is 11.9 Å². The van der Waals surface area contributed by atoms with E-state index < -0.39 is 40.2 Å². The van der Waals surface area contributed by atoms with Crippen molar-refractivity contribution in [3.05, 3.63) is 0 Å². The third-order valence-electron chi connectivity index (χ3n) is 7.63. The van der Waals surface area contributed by atoms with Crippen LogP contribution in [0.1, 0.15) is 81.9 Å². The number of ether oxygens (including phenoxy) is 4. The Morgan fingerprint density at radius 2 is 1.69 bits per heavy atom. The number of carbonyl (C=O) groups excluding carboxylic acids is 2. The number of carbonyl (C=O) groups is 2. The minimum atomic E-state index is -1.48. The van der Waals surface area contributed by atoms with E-state index in [1.807, 2.05) is 20.8 Å². The molecule has 3 rings (SSSR count). The quantitative estimate of drug-likeness (QED) is 0.509. The summed E-state index contributed by atoms with van der Waals surface area (Å²) in [5, 5.41) is 0. The number of rotatable bonds is 4. The van der Waals surface area contributed by atoms with Crippen LogP contribution < -0.4 is 0 Å². The monoisotopic (exact) mass is 411 g/mol. The lowest BCUT2D eigenvalue weighted by molar-refractivity contribution is -0.405. The predicted molar refractivity (Wildman–Crippen MR) is 108 cm³/mol. The molecular weight excluding hydrogens is 372 g/mol. The molecular formula is C23H38O6. The highest BCUT2D eigenvalue weighted by Crippen LogP contribution is 2.62. The van der Waals surface area contributed by atoms with Crippen molar-refractivity contribution < 1.29 is 29.9 Å². The van der Waals surface area contributed by atoms with Crippen LogP contribution in [0.5, 0.6) is 0 Å². The third kappa shape index (κ3) is 3.40. The molecule has 1 spiro atoms. The van der Waals surface area contributed by atoms with E-state index in [1.54, 1.807) is 13.8 Å². The molecule has 29 heavy (non-hydrogen) atoms. The fraction of sp³-hybridized carbons (Fsp3) is 0.913. The van der Waals surface area contributed by atoms with Gasteiger partial charge in [-0.15, -0.1) is 0 Å². The molecule has 0 N–H and O–H groups in total. The summed E-state index contributed by atoms with van der Waals surface area (Å²) >= 11 is 0. The molecule has 6 nitrogen and oxygen atoms in total. The Bertz CT molecular complexity index is 690. The lowest BCUT2D eigenvalue weighted by atomic mass is 9.61. The summed E-state index contributed by atoms with van der Waals surface area (Å²) in [5.74, 6) is -2.34. The number of fused-ring (bicyclic) bond motifs is 1. The van der Waals surface area contributed by atoms with Gasteiger partial charge in [-0.3, -0.25) is 9.59 Å². The van der Waals surface area contributed by atoms with Crippen molar-refractivity contribution in [3.63, 3.8) is 0 Å². The Morgan fingerprint density at radius 3 is 2.24 bits per heavy atom. The van der Waals surface area contributed by atoms with Gasteiger partial charge in [0.05, 0.1) is 26.3 Å². The maximum atomic E-state index is 13.0. The van der Waals surface area contributed by atoms with Crippen molar-refractivity contribution in [2.45, 2.75) is 98.0 Å². The van der Waals surface area contributed by atoms with Gasteiger partial charge in [0, 0.05) is 17.8 Å². The zero-order chi connectivity index (χ0) is 22.6. The van der Waals surface area contributed by atoms with Crippen LogP contribution in [-0.2, 0) is 28.5 Å². The third-order valence-corrected chi connectivity index (χ3v) is 7.63. The zero-order valence-electron chi connectivity index (χ0n) is 20.1. The molecule has 0 radical (unpaired) electrons. The second-order valence-electron chi connectivity index (χ2n) is 9.93. The second-order valence-corrected chi connectivity index (χ2v) is 9.93. The summed E-state index contributed by atoms with van der Waals surface area (Å²) in [7, 11) is 0. The van der Waals surface area contributed by atoms with Crippen LogP contribution in [-0.4, -0.2) is 42.6 Å². The molecule has 6 heteroatoms. The van der Waals surface area contributed by atoms with Crippen LogP contribution >= 0.6 is 0 Å². The molecule has 0 aromatic rings. The first-order valence-electron chi connectivity index (χ1n) is 11.6. The SMILES string of the molecule is [2H][C@]12C[C@H](C)CC[C@@]1(C)C(C)(C)O[C@]1(CC(C(=O)OCC)(C(=O)OCC)C[C@@H]1C)O2. The molecule has 166 valence electrons. The van der Waals surface area contributed by atoms with E-state index >= 15 is 0 Å². The van der Waals surface area contributed by atoms with Gasteiger partial charge in [0.15, 0.2) is 11.2 Å². The van der Waals surface area contributed by atoms with E-state index in [1.165, 1.54) is 0 Å². The fourth-order valence-electron chi connectivity index (χ4n) is 5.43. The first kappa shape index (κ1) is 21.1. The van der Waals surface area contributed by atoms with Crippen LogP contribution in [0.25, 0.3) is 0 Å². The summed E-state index contributed by atoms with van der Waals surface area (Å²) in [6.07, 6.45) is 1.49. The minimum absolute atomic E-state index is 0.00730. The van der Waals surface area contributed by atoms with Crippen molar-refractivity contribution in [2.75, 3.05) is 13.2 Å². The fourth-order valence-corrected chi connectivity index (χ4v) is 5.43. The van der Waals surface area contributed by atoms with Crippen LogP contribution in [0.4, 0.5) is 0 Å². The molecule has 0 unspecified atom stereocenters. The first-order valence-corrected chi connectivity index (χ1v) is 11.1. The van der Waals surface area contributed by atoms with Crippen molar-refractivity contribution in [1.29, 1.82) is 0 Å². The summed E-state index contributed by atoms with van der Waals surface area (Å²) in [6, 6.07) is 0. The average molecular weight is 412 g/mol. The summed E-state index contributed by atoms with van der Waals surface area (Å²) in [4.78, 5) is 26.0. The summed E-state index contributed by atoms with van der Waals surface area (Å²) < 4.78 is 33.3. The molecule has 2 aliphatic carbocycles. The zero-order valence-corrected chi connectivity index (χ0v) is 19.1. The van der Waals surface area contributed by atoms with Gasteiger partial charge in [-0.2, -0.15) is 0 Å². The van der Waals surface area contributed by atoms with Gasteiger partial charge in [-0.05, 0) is 59.3 Å². The van der Waals surface area contributed by atoms with Crippen LogP contribution in [0.3, 0.4) is 0 Å². The Kier molecular flexibility index (Phi) is 5.48.